The number of ketones is 1. The Labute approximate surface area is 87.3 Å². The SMILES string of the molecule is CC(=O)CNC(=O)c1ccc(C)c(F)c1. The normalized spacial score (nSPS) is 9.80. The van der Waals surface area contributed by atoms with Crippen molar-refractivity contribution in [3.8, 4) is 0 Å². The standard InChI is InChI=1S/C11H12FNO2/c1-7-3-4-9(5-10(7)12)11(15)13-6-8(2)14/h3-5H,6H2,1-2H3,(H,13,15). The maximum Gasteiger partial charge on any atom is 0.251 e. The molecule has 3 nitrogen and oxygen atoms in total. The lowest BCUT2D eigenvalue weighted by Gasteiger charge is -2.03. The average Bonchev–Trinajstić information content (AvgIpc) is 2.18. The number of halogens is 1. The fourth-order valence-corrected chi connectivity index (χ4v) is 1.04. The summed E-state index contributed by atoms with van der Waals surface area (Å²) in [6, 6.07) is 4.21. The molecule has 0 aliphatic heterocycles. The van der Waals surface area contributed by atoms with Gasteiger partial charge in [-0.25, -0.2) is 4.39 Å². The van der Waals surface area contributed by atoms with Crippen LogP contribution in [0.3, 0.4) is 0 Å². The highest BCUT2D eigenvalue weighted by Crippen LogP contribution is 2.08. The number of carbonyl (C=O) groups excluding carboxylic acids is 2. The molecular formula is C11H12FNO2. The second-order valence-electron chi connectivity index (χ2n) is 3.35. The van der Waals surface area contributed by atoms with Gasteiger partial charge in [0.1, 0.15) is 11.6 Å². The second kappa shape index (κ2) is 4.68. The monoisotopic (exact) mass is 209 g/mol. The molecule has 0 atom stereocenters. The first-order valence-electron chi connectivity index (χ1n) is 4.54. The van der Waals surface area contributed by atoms with Gasteiger partial charge in [0, 0.05) is 5.56 Å². The third kappa shape index (κ3) is 3.16. The lowest BCUT2D eigenvalue weighted by Crippen LogP contribution is -2.28. The van der Waals surface area contributed by atoms with Gasteiger partial charge in [0.05, 0.1) is 6.54 Å². The van der Waals surface area contributed by atoms with Crippen molar-refractivity contribution < 1.29 is 14.0 Å². The van der Waals surface area contributed by atoms with Gasteiger partial charge in [-0.05, 0) is 31.5 Å². The van der Waals surface area contributed by atoms with Crippen molar-refractivity contribution in [3.05, 3.63) is 35.1 Å². The lowest BCUT2D eigenvalue weighted by molar-refractivity contribution is -0.116. The molecule has 0 heterocycles. The number of benzene rings is 1. The van der Waals surface area contributed by atoms with Gasteiger partial charge in [-0.1, -0.05) is 6.07 Å². The predicted molar refractivity (Wildman–Crippen MR) is 54.2 cm³/mol. The Morgan fingerprint density at radius 1 is 1.40 bits per heavy atom. The average molecular weight is 209 g/mol. The number of aryl methyl sites for hydroxylation is 1. The molecule has 1 rings (SSSR count). The van der Waals surface area contributed by atoms with E-state index in [2.05, 4.69) is 5.32 Å². The van der Waals surface area contributed by atoms with E-state index in [1.807, 2.05) is 0 Å². The molecule has 0 radical (unpaired) electrons. The highest BCUT2D eigenvalue weighted by Gasteiger charge is 2.07. The fraction of sp³-hybridized carbons (Fsp3) is 0.273. The summed E-state index contributed by atoms with van der Waals surface area (Å²) in [6.07, 6.45) is 0. The Morgan fingerprint density at radius 3 is 2.60 bits per heavy atom. The first-order chi connectivity index (χ1) is 7.00. The Hall–Kier alpha value is -1.71. The molecule has 0 unspecified atom stereocenters. The molecule has 1 N–H and O–H groups in total. The van der Waals surface area contributed by atoms with Gasteiger partial charge < -0.3 is 5.32 Å². The molecule has 0 saturated heterocycles. The van der Waals surface area contributed by atoms with Crippen molar-refractivity contribution >= 4 is 11.7 Å². The highest BCUT2D eigenvalue weighted by molar-refractivity contribution is 5.96. The minimum atomic E-state index is -0.441. The van der Waals surface area contributed by atoms with Crippen LogP contribution in [0.1, 0.15) is 22.8 Å². The van der Waals surface area contributed by atoms with Gasteiger partial charge in [0.15, 0.2) is 0 Å². The Morgan fingerprint density at radius 2 is 2.07 bits per heavy atom. The van der Waals surface area contributed by atoms with E-state index in [0.717, 1.165) is 6.07 Å². The van der Waals surface area contributed by atoms with Crippen molar-refractivity contribution in [2.24, 2.45) is 0 Å². The van der Waals surface area contributed by atoms with Gasteiger partial charge in [-0.15, -0.1) is 0 Å². The van der Waals surface area contributed by atoms with Gasteiger partial charge >= 0.3 is 0 Å². The van der Waals surface area contributed by atoms with Crippen LogP contribution in [0.15, 0.2) is 18.2 Å². The molecule has 0 fully saturated rings. The van der Waals surface area contributed by atoms with E-state index < -0.39 is 11.7 Å². The zero-order valence-electron chi connectivity index (χ0n) is 8.63. The summed E-state index contributed by atoms with van der Waals surface area (Å²) in [5.74, 6) is -1.01. The zero-order valence-corrected chi connectivity index (χ0v) is 8.63. The molecule has 0 aliphatic rings. The predicted octanol–water partition coefficient (Wildman–Crippen LogP) is 1.45. The molecular weight excluding hydrogens is 197 g/mol. The third-order valence-corrected chi connectivity index (χ3v) is 1.93. The van der Waals surface area contributed by atoms with E-state index in [1.165, 1.54) is 19.1 Å². The molecule has 0 saturated carbocycles. The summed E-state index contributed by atoms with van der Waals surface area (Å²) in [4.78, 5) is 22.0. The van der Waals surface area contributed by atoms with Crippen LogP contribution in [-0.4, -0.2) is 18.2 Å². The summed E-state index contributed by atoms with van der Waals surface area (Å²) < 4.78 is 13.1. The number of hydrogen-bond donors (Lipinski definition) is 1. The molecule has 0 bridgehead atoms. The van der Waals surface area contributed by atoms with Gasteiger partial charge in [0.25, 0.3) is 5.91 Å². The van der Waals surface area contributed by atoms with Crippen LogP contribution in [0.5, 0.6) is 0 Å². The lowest BCUT2D eigenvalue weighted by atomic mass is 10.1. The molecule has 4 heteroatoms. The van der Waals surface area contributed by atoms with E-state index in [4.69, 9.17) is 0 Å². The molecule has 15 heavy (non-hydrogen) atoms. The largest absolute Gasteiger partial charge is 0.345 e. The van der Waals surface area contributed by atoms with Gasteiger partial charge in [-0.3, -0.25) is 9.59 Å². The van der Waals surface area contributed by atoms with Crippen LogP contribution in [0.4, 0.5) is 4.39 Å². The molecule has 1 amide bonds. The van der Waals surface area contributed by atoms with Crippen LogP contribution in [0.2, 0.25) is 0 Å². The minimum Gasteiger partial charge on any atom is -0.345 e. The zero-order chi connectivity index (χ0) is 11.4. The number of amides is 1. The Bertz CT molecular complexity index is 402. The molecule has 0 aromatic heterocycles. The van der Waals surface area contributed by atoms with Crippen molar-refractivity contribution in [2.75, 3.05) is 6.54 Å². The Balaban J connectivity index is 2.74. The minimum absolute atomic E-state index is 0.0334. The van der Waals surface area contributed by atoms with Crippen LogP contribution in [-0.2, 0) is 4.79 Å². The fourth-order valence-electron chi connectivity index (χ4n) is 1.04. The van der Waals surface area contributed by atoms with Crippen LogP contribution < -0.4 is 5.32 Å². The van der Waals surface area contributed by atoms with E-state index in [9.17, 15) is 14.0 Å². The van der Waals surface area contributed by atoms with Crippen molar-refractivity contribution in [2.45, 2.75) is 13.8 Å². The van der Waals surface area contributed by atoms with Crippen molar-refractivity contribution in [3.63, 3.8) is 0 Å². The van der Waals surface area contributed by atoms with E-state index >= 15 is 0 Å². The molecule has 1 aromatic rings. The first-order valence-corrected chi connectivity index (χ1v) is 4.54. The Kier molecular flexibility index (Phi) is 3.55. The second-order valence-corrected chi connectivity index (χ2v) is 3.35. The maximum atomic E-state index is 13.1. The quantitative estimate of drug-likeness (QED) is 0.819. The van der Waals surface area contributed by atoms with Crippen LogP contribution >= 0.6 is 0 Å². The summed E-state index contributed by atoms with van der Waals surface area (Å²) in [5, 5.41) is 2.39. The molecule has 80 valence electrons. The summed E-state index contributed by atoms with van der Waals surface area (Å²) in [6.45, 7) is 2.96. The number of carbonyl (C=O) groups is 2. The number of nitrogens with one attached hydrogen (secondary N) is 1. The molecule has 1 aromatic carbocycles. The van der Waals surface area contributed by atoms with Crippen molar-refractivity contribution in [1.82, 2.24) is 5.32 Å². The van der Waals surface area contributed by atoms with E-state index in [0.29, 0.717) is 5.56 Å². The van der Waals surface area contributed by atoms with Gasteiger partial charge in [0.2, 0.25) is 0 Å². The molecule has 0 spiro atoms. The van der Waals surface area contributed by atoms with Crippen LogP contribution in [0.25, 0.3) is 0 Å². The highest BCUT2D eigenvalue weighted by atomic mass is 19.1. The topological polar surface area (TPSA) is 46.2 Å². The van der Waals surface area contributed by atoms with Crippen LogP contribution in [0, 0.1) is 12.7 Å². The third-order valence-electron chi connectivity index (χ3n) is 1.93. The molecule has 0 aliphatic carbocycles. The van der Waals surface area contributed by atoms with E-state index in [-0.39, 0.29) is 17.9 Å². The summed E-state index contributed by atoms with van der Waals surface area (Å²) >= 11 is 0. The maximum absolute atomic E-state index is 13.1. The first kappa shape index (κ1) is 11.4. The van der Waals surface area contributed by atoms with E-state index in [1.54, 1.807) is 6.92 Å². The number of Topliss-reactive ketones (excluding diaryl/α,β-unsaturated/α-hetero) is 1. The number of hydrogen-bond acceptors (Lipinski definition) is 2. The summed E-state index contributed by atoms with van der Waals surface area (Å²) in [5.41, 5.74) is 0.706. The smallest absolute Gasteiger partial charge is 0.251 e. The van der Waals surface area contributed by atoms with Crippen molar-refractivity contribution in [1.29, 1.82) is 0 Å². The van der Waals surface area contributed by atoms with Gasteiger partial charge in [-0.2, -0.15) is 0 Å². The summed E-state index contributed by atoms with van der Waals surface area (Å²) in [7, 11) is 0. The number of rotatable bonds is 3.